The zero-order valence-electron chi connectivity index (χ0n) is 10.6. The Hall–Kier alpha value is -1.06. The van der Waals surface area contributed by atoms with E-state index >= 15 is 0 Å². The van der Waals surface area contributed by atoms with Crippen molar-refractivity contribution >= 4 is 11.8 Å². The van der Waals surface area contributed by atoms with Crippen molar-refractivity contribution < 1.29 is 9.59 Å². The fourth-order valence-electron chi connectivity index (χ4n) is 2.52. The molecule has 92 valence electrons. The molecular weight excluding hydrogens is 204 g/mol. The van der Waals surface area contributed by atoms with E-state index in [2.05, 4.69) is 19.2 Å². The van der Waals surface area contributed by atoms with Crippen LogP contribution in [0.2, 0.25) is 0 Å². The molecule has 1 rings (SSSR count). The van der Waals surface area contributed by atoms with Gasteiger partial charge in [-0.15, -0.1) is 0 Å². The third-order valence-electron chi connectivity index (χ3n) is 3.67. The second-order valence-electron chi connectivity index (χ2n) is 4.51. The van der Waals surface area contributed by atoms with Gasteiger partial charge in [0.1, 0.15) is 6.04 Å². The summed E-state index contributed by atoms with van der Waals surface area (Å²) in [4.78, 5) is 25.1. The average molecular weight is 226 g/mol. The summed E-state index contributed by atoms with van der Waals surface area (Å²) in [7, 11) is 0. The van der Waals surface area contributed by atoms with Crippen molar-refractivity contribution in [3.05, 3.63) is 0 Å². The molecule has 0 aromatic rings. The molecule has 1 N–H and O–H groups in total. The van der Waals surface area contributed by atoms with E-state index < -0.39 is 0 Å². The van der Waals surface area contributed by atoms with Gasteiger partial charge in [-0.2, -0.15) is 0 Å². The van der Waals surface area contributed by atoms with Crippen molar-refractivity contribution in [2.75, 3.05) is 6.54 Å². The molecule has 1 aliphatic rings. The van der Waals surface area contributed by atoms with Gasteiger partial charge in [0.05, 0.1) is 6.54 Å². The molecule has 0 aromatic carbocycles. The van der Waals surface area contributed by atoms with Crippen LogP contribution in [0.15, 0.2) is 0 Å². The number of nitrogens with zero attached hydrogens (tertiary/aromatic N) is 1. The average Bonchev–Trinajstić information content (AvgIpc) is 2.26. The maximum Gasteiger partial charge on any atom is 0.242 e. The highest BCUT2D eigenvalue weighted by Gasteiger charge is 2.36. The standard InChI is InChI=1S/C12H22N2O2/c1-5-10(6-2)8(3)14-9(4)12(16)13-7-11(14)15/h8-10H,5-7H2,1-4H3,(H,13,16). The van der Waals surface area contributed by atoms with Gasteiger partial charge in [0, 0.05) is 6.04 Å². The predicted octanol–water partition coefficient (Wildman–Crippen LogP) is 1.16. The minimum atomic E-state index is -0.336. The molecule has 2 atom stereocenters. The van der Waals surface area contributed by atoms with Crippen molar-refractivity contribution in [2.24, 2.45) is 5.92 Å². The fourth-order valence-corrected chi connectivity index (χ4v) is 2.52. The topological polar surface area (TPSA) is 49.4 Å². The molecular formula is C12H22N2O2. The molecule has 0 radical (unpaired) electrons. The summed E-state index contributed by atoms with van der Waals surface area (Å²) in [5.74, 6) is 0.459. The number of carbonyl (C=O) groups is 2. The third kappa shape index (κ3) is 2.36. The molecule has 0 saturated carbocycles. The third-order valence-corrected chi connectivity index (χ3v) is 3.67. The Labute approximate surface area is 97.4 Å². The monoisotopic (exact) mass is 226 g/mol. The summed E-state index contributed by atoms with van der Waals surface area (Å²) in [5.41, 5.74) is 0. The number of carbonyl (C=O) groups excluding carboxylic acids is 2. The van der Waals surface area contributed by atoms with Gasteiger partial charge in [0.25, 0.3) is 0 Å². The lowest BCUT2D eigenvalue weighted by atomic mass is 9.92. The molecule has 16 heavy (non-hydrogen) atoms. The molecule has 4 heteroatoms. The second-order valence-corrected chi connectivity index (χ2v) is 4.51. The molecule has 1 heterocycles. The van der Waals surface area contributed by atoms with E-state index in [9.17, 15) is 9.59 Å². The first-order valence-corrected chi connectivity index (χ1v) is 6.11. The van der Waals surface area contributed by atoms with E-state index in [4.69, 9.17) is 0 Å². The van der Waals surface area contributed by atoms with Crippen LogP contribution >= 0.6 is 0 Å². The lowest BCUT2D eigenvalue weighted by Crippen LogP contribution is -2.61. The normalized spacial score (nSPS) is 23.6. The van der Waals surface area contributed by atoms with Gasteiger partial charge < -0.3 is 10.2 Å². The smallest absolute Gasteiger partial charge is 0.242 e. The number of amides is 2. The highest BCUT2D eigenvalue weighted by molar-refractivity contribution is 5.94. The molecule has 1 saturated heterocycles. The van der Waals surface area contributed by atoms with E-state index in [1.165, 1.54) is 0 Å². The lowest BCUT2D eigenvalue weighted by Gasteiger charge is -2.40. The summed E-state index contributed by atoms with van der Waals surface area (Å²) in [6, 6.07) is -0.194. The van der Waals surface area contributed by atoms with Crippen molar-refractivity contribution in [2.45, 2.75) is 52.6 Å². The first kappa shape index (κ1) is 13.0. The molecule has 0 aromatic heterocycles. The Morgan fingerprint density at radius 1 is 1.38 bits per heavy atom. The summed E-state index contributed by atoms with van der Waals surface area (Å²) in [6.07, 6.45) is 2.07. The number of hydrogen-bond acceptors (Lipinski definition) is 2. The van der Waals surface area contributed by atoms with Crippen LogP contribution < -0.4 is 5.32 Å². The lowest BCUT2D eigenvalue weighted by molar-refractivity contribution is -0.148. The molecule has 2 amide bonds. The van der Waals surface area contributed by atoms with Gasteiger partial charge >= 0.3 is 0 Å². The van der Waals surface area contributed by atoms with Crippen LogP contribution in [0.1, 0.15) is 40.5 Å². The van der Waals surface area contributed by atoms with Crippen LogP contribution in [0, 0.1) is 5.92 Å². The molecule has 0 spiro atoms. The van der Waals surface area contributed by atoms with E-state index in [-0.39, 0.29) is 30.4 Å². The summed E-state index contributed by atoms with van der Waals surface area (Å²) in [6.45, 7) is 8.25. The number of piperazine rings is 1. The molecule has 1 aliphatic heterocycles. The minimum Gasteiger partial charge on any atom is -0.345 e. The van der Waals surface area contributed by atoms with Crippen LogP contribution in [0.25, 0.3) is 0 Å². The van der Waals surface area contributed by atoms with Gasteiger partial charge in [-0.05, 0) is 19.8 Å². The quantitative estimate of drug-likeness (QED) is 0.782. The fraction of sp³-hybridized carbons (Fsp3) is 0.833. The Bertz CT molecular complexity index is 274. The van der Waals surface area contributed by atoms with E-state index in [0.29, 0.717) is 5.92 Å². The van der Waals surface area contributed by atoms with Crippen molar-refractivity contribution in [1.82, 2.24) is 10.2 Å². The number of hydrogen-bond donors (Lipinski definition) is 1. The minimum absolute atomic E-state index is 0.0338. The SMILES string of the molecule is CCC(CC)C(C)N1C(=O)CNC(=O)C1C. The summed E-state index contributed by atoms with van der Waals surface area (Å²) >= 11 is 0. The van der Waals surface area contributed by atoms with Crippen LogP contribution in [0.4, 0.5) is 0 Å². The molecule has 0 aliphatic carbocycles. The zero-order valence-corrected chi connectivity index (χ0v) is 10.6. The number of rotatable bonds is 4. The Kier molecular flexibility index (Phi) is 4.33. The van der Waals surface area contributed by atoms with Gasteiger partial charge in [-0.3, -0.25) is 9.59 Å². The molecule has 4 nitrogen and oxygen atoms in total. The Morgan fingerprint density at radius 3 is 2.44 bits per heavy atom. The maximum atomic E-state index is 11.8. The van der Waals surface area contributed by atoms with Crippen molar-refractivity contribution in [3.8, 4) is 0 Å². The van der Waals surface area contributed by atoms with E-state index in [1.807, 2.05) is 6.92 Å². The van der Waals surface area contributed by atoms with E-state index in [0.717, 1.165) is 12.8 Å². The van der Waals surface area contributed by atoms with Gasteiger partial charge in [-0.25, -0.2) is 0 Å². The largest absolute Gasteiger partial charge is 0.345 e. The highest BCUT2D eigenvalue weighted by Crippen LogP contribution is 2.21. The summed E-state index contributed by atoms with van der Waals surface area (Å²) in [5, 5.41) is 2.61. The first-order chi connectivity index (χ1) is 7.52. The first-order valence-electron chi connectivity index (χ1n) is 6.11. The van der Waals surface area contributed by atoms with Crippen LogP contribution in [-0.4, -0.2) is 35.3 Å². The van der Waals surface area contributed by atoms with Gasteiger partial charge in [0.2, 0.25) is 11.8 Å². The van der Waals surface area contributed by atoms with Gasteiger partial charge in [-0.1, -0.05) is 26.7 Å². The maximum absolute atomic E-state index is 11.8. The highest BCUT2D eigenvalue weighted by atomic mass is 16.2. The van der Waals surface area contributed by atoms with Crippen LogP contribution in [0.5, 0.6) is 0 Å². The Morgan fingerprint density at radius 2 is 1.94 bits per heavy atom. The molecule has 1 fully saturated rings. The molecule has 2 unspecified atom stereocenters. The predicted molar refractivity (Wildman–Crippen MR) is 62.9 cm³/mol. The van der Waals surface area contributed by atoms with Crippen LogP contribution in [0.3, 0.4) is 0 Å². The van der Waals surface area contributed by atoms with Crippen molar-refractivity contribution in [1.29, 1.82) is 0 Å². The second kappa shape index (κ2) is 5.32. The number of nitrogens with one attached hydrogen (secondary N) is 1. The van der Waals surface area contributed by atoms with Gasteiger partial charge in [0.15, 0.2) is 0 Å². The molecule has 0 bridgehead atoms. The summed E-state index contributed by atoms with van der Waals surface area (Å²) < 4.78 is 0. The Balaban J connectivity index is 2.82. The van der Waals surface area contributed by atoms with E-state index in [1.54, 1.807) is 11.8 Å². The van der Waals surface area contributed by atoms with Crippen molar-refractivity contribution in [3.63, 3.8) is 0 Å². The van der Waals surface area contributed by atoms with Crippen LogP contribution in [-0.2, 0) is 9.59 Å². The zero-order chi connectivity index (χ0) is 12.3.